The van der Waals surface area contributed by atoms with Gasteiger partial charge < -0.3 is 31.4 Å². The van der Waals surface area contributed by atoms with Crippen LogP contribution < -0.4 is 16.8 Å². The van der Waals surface area contributed by atoms with Crippen molar-refractivity contribution in [2.75, 3.05) is 26.0 Å². The van der Waals surface area contributed by atoms with Crippen LogP contribution in [-0.2, 0) is 51.6 Å². The van der Waals surface area contributed by atoms with E-state index in [1.165, 1.54) is 12.5 Å². The highest BCUT2D eigenvalue weighted by atomic mass is 17.2. The van der Waals surface area contributed by atoms with Crippen LogP contribution in [0.4, 0.5) is 5.69 Å². The Balaban J connectivity index is -0.000000574. The number of nitrogens with two attached hydrogens (primary N) is 2. The number of amides is 1. The molecule has 11 nitrogen and oxygen atoms in total. The fourth-order valence-corrected chi connectivity index (χ4v) is 2.79. The van der Waals surface area contributed by atoms with Crippen LogP contribution >= 0.6 is 0 Å². The van der Waals surface area contributed by atoms with Gasteiger partial charge in [-0.1, -0.05) is 75.4 Å². The Morgan fingerprint density at radius 1 is 0.884 bits per heavy atom. The lowest BCUT2D eigenvalue weighted by atomic mass is 10.0. The minimum atomic E-state index is -0.150. The zero-order valence-corrected chi connectivity index (χ0v) is 26.6. The maximum absolute atomic E-state index is 11.2. The van der Waals surface area contributed by atoms with Crippen LogP contribution in [0.3, 0.4) is 0 Å². The van der Waals surface area contributed by atoms with Crippen LogP contribution in [0.15, 0.2) is 66.7 Å². The molecule has 0 aliphatic carbocycles. The molecule has 0 aliphatic rings. The van der Waals surface area contributed by atoms with Crippen LogP contribution in [-0.4, -0.2) is 51.4 Å². The number of nitrogens with one attached hydrogen (secondary N) is 1. The van der Waals surface area contributed by atoms with Crippen molar-refractivity contribution in [1.29, 1.82) is 0 Å². The molecule has 2 atom stereocenters. The Hall–Kier alpha value is -4.06. The summed E-state index contributed by atoms with van der Waals surface area (Å²) in [6.07, 6.45) is 2.14. The monoisotopic (exact) mass is 605 g/mol. The van der Waals surface area contributed by atoms with Gasteiger partial charge in [0, 0.05) is 30.6 Å². The summed E-state index contributed by atoms with van der Waals surface area (Å²) in [5.74, 6) is -0.000206. The maximum Gasteiger partial charge on any atom is 0.330 e. The molecule has 0 saturated carbocycles. The lowest BCUT2D eigenvalue weighted by Crippen LogP contribution is -2.26. The molecule has 0 aliphatic heterocycles. The molecule has 0 spiro atoms. The average Bonchev–Trinajstić information content (AvgIpc) is 3.00. The highest BCUT2D eigenvalue weighted by Crippen LogP contribution is 2.13. The fraction of sp³-hybridized carbons (Fsp3) is 0.438. The number of aldehydes is 1. The van der Waals surface area contributed by atoms with Crippen LogP contribution in [0, 0.1) is 11.8 Å². The van der Waals surface area contributed by atoms with Crippen molar-refractivity contribution in [2.45, 2.75) is 60.4 Å². The predicted molar refractivity (Wildman–Crippen MR) is 169 cm³/mol. The first-order chi connectivity index (χ1) is 20.6. The summed E-state index contributed by atoms with van der Waals surface area (Å²) in [5.41, 5.74) is 14.8. The van der Waals surface area contributed by atoms with Gasteiger partial charge in [-0.05, 0) is 56.9 Å². The molecule has 0 radical (unpaired) electrons. The van der Waals surface area contributed by atoms with Gasteiger partial charge >= 0.3 is 12.9 Å². The predicted octanol–water partition coefficient (Wildman–Crippen LogP) is 4.39. The topological polar surface area (TPSA) is 169 Å². The lowest BCUT2D eigenvalue weighted by molar-refractivity contribution is -0.288. The number of nitrogen functional groups attached to an aromatic ring is 1. The van der Waals surface area contributed by atoms with Crippen molar-refractivity contribution in [3.63, 3.8) is 0 Å². The van der Waals surface area contributed by atoms with Gasteiger partial charge in [0.1, 0.15) is 6.29 Å². The van der Waals surface area contributed by atoms with Gasteiger partial charge in [-0.3, -0.25) is 14.4 Å². The van der Waals surface area contributed by atoms with Gasteiger partial charge in [-0.15, -0.1) is 0 Å². The van der Waals surface area contributed by atoms with E-state index in [9.17, 15) is 14.4 Å². The van der Waals surface area contributed by atoms with Crippen LogP contribution in [0.5, 0.6) is 0 Å². The molecule has 5 N–H and O–H groups in total. The van der Waals surface area contributed by atoms with Crippen molar-refractivity contribution in [3.8, 4) is 0 Å². The number of carbonyl (C=O) groups excluding carboxylic acids is 4. The van der Waals surface area contributed by atoms with Crippen LogP contribution in [0.25, 0.3) is 0 Å². The fourth-order valence-electron chi connectivity index (χ4n) is 2.79. The van der Waals surface area contributed by atoms with Gasteiger partial charge in [0.25, 0.3) is 0 Å². The van der Waals surface area contributed by atoms with Gasteiger partial charge in [-0.2, -0.15) is 9.78 Å². The summed E-state index contributed by atoms with van der Waals surface area (Å²) in [7, 11) is 1.67. The molecule has 11 heteroatoms. The first kappa shape index (κ1) is 43.4. The third-order valence-corrected chi connectivity index (χ3v) is 5.18. The number of carbonyl (C=O) groups is 4. The van der Waals surface area contributed by atoms with Crippen molar-refractivity contribution in [3.05, 3.63) is 77.9 Å². The van der Waals surface area contributed by atoms with E-state index in [1.807, 2.05) is 77.1 Å². The van der Waals surface area contributed by atoms with Crippen molar-refractivity contribution in [1.82, 2.24) is 5.32 Å². The third-order valence-electron chi connectivity index (χ3n) is 5.18. The second-order valence-corrected chi connectivity index (χ2v) is 8.84. The minimum absolute atomic E-state index is 0.0485. The van der Waals surface area contributed by atoms with E-state index in [0.717, 1.165) is 23.8 Å². The smallest absolute Gasteiger partial charge is 0.330 e. The Labute approximate surface area is 256 Å². The molecule has 2 unspecified atom stereocenters. The molecule has 0 aromatic heterocycles. The van der Waals surface area contributed by atoms with Crippen LogP contribution in [0.1, 0.15) is 52.7 Å². The second kappa shape index (κ2) is 30.9. The van der Waals surface area contributed by atoms with Crippen molar-refractivity contribution < 1.29 is 38.7 Å². The standard InChI is InChI=1S/C12H15NO6.C11H15NO.C5H11N.C2H4O.C2H6/c13-12-3-1-10(2-4-12)5-11(6-16-18-8-14)7-17-19-9-15;1-9(11(13)12-2)8-10-6-4-3-5-7-10;1-4(2)5(3)6;1-2-3;1-2/h1-4,8-9,11H,5-7,13H2;3-7,9H,8H2,1-2H3,(H,12,13);5H,1,6H2,2-3H3;2H,1H3;1-2H3. The molecule has 0 saturated heterocycles. The third kappa shape index (κ3) is 27.9. The Morgan fingerprint density at radius 2 is 1.30 bits per heavy atom. The van der Waals surface area contributed by atoms with E-state index in [2.05, 4.69) is 31.4 Å². The molecule has 2 aromatic carbocycles. The number of benzene rings is 2. The average molecular weight is 606 g/mol. The molecular weight excluding hydrogens is 554 g/mol. The molecule has 242 valence electrons. The largest absolute Gasteiger partial charge is 0.399 e. The molecule has 1 amide bonds. The molecule has 2 aromatic rings. The van der Waals surface area contributed by atoms with Gasteiger partial charge in [0.15, 0.2) is 0 Å². The van der Waals surface area contributed by atoms with Gasteiger partial charge in [0.05, 0.1) is 13.2 Å². The molecule has 0 bridgehead atoms. The summed E-state index contributed by atoms with van der Waals surface area (Å²) in [5, 5.41) is 2.65. The number of anilines is 1. The summed E-state index contributed by atoms with van der Waals surface area (Å²) in [4.78, 5) is 57.6. The minimum Gasteiger partial charge on any atom is -0.399 e. The zero-order chi connectivity index (χ0) is 33.5. The first-order valence-corrected chi connectivity index (χ1v) is 13.9. The van der Waals surface area contributed by atoms with E-state index in [4.69, 9.17) is 16.3 Å². The quantitative estimate of drug-likeness (QED) is 0.0701. The van der Waals surface area contributed by atoms with E-state index in [-0.39, 0.29) is 49.9 Å². The van der Waals surface area contributed by atoms with E-state index >= 15 is 0 Å². The van der Waals surface area contributed by atoms with Gasteiger partial charge in [0.2, 0.25) is 5.91 Å². The van der Waals surface area contributed by atoms with Crippen molar-refractivity contribution >= 4 is 30.8 Å². The highest BCUT2D eigenvalue weighted by molar-refractivity contribution is 5.78. The van der Waals surface area contributed by atoms with E-state index < -0.39 is 0 Å². The number of hydrogen-bond donors (Lipinski definition) is 3. The molecule has 0 fully saturated rings. The Kier molecular flexibility index (Phi) is 31.2. The first-order valence-electron chi connectivity index (χ1n) is 13.9. The van der Waals surface area contributed by atoms with Crippen LogP contribution in [0.2, 0.25) is 0 Å². The second-order valence-electron chi connectivity index (χ2n) is 8.84. The van der Waals surface area contributed by atoms with E-state index in [1.54, 1.807) is 19.2 Å². The normalized spacial score (nSPS) is 10.5. The Bertz CT molecular complexity index is 956. The van der Waals surface area contributed by atoms with Gasteiger partial charge in [-0.25, -0.2) is 0 Å². The lowest BCUT2D eigenvalue weighted by Gasteiger charge is -2.14. The number of hydrogen-bond acceptors (Lipinski definition) is 10. The summed E-state index contributed by atoms with van der Waals surface area (Å²) < 4.78 is 0. The molecule has 2 rings (SSSR count). The summed E-state index contributed by atoms with van der Waals surface area (Å²) >= 11 is 0. The zero-order valence-electron chi connectivity index (χ0n) is 26.6. The molecule has 43 heavy (non-hydrogen) atoms. The number of rotatable bonds is 14. The SMILES string of the molecule is C=C(C)C(C)N.CC.CC=O.CNC(=O)C(C)Cc1ccccc1.Nc1ccc(CC(COOC=O)COOC=O)cc1. The van der Waals surface area contributed by atoms with Crippen molar-refractivity contribution in [2.24, 2.45) is 17.6 Å². The summed E-state index contributed by atoms with van der Waals surface area (Å²) in [6.45, 7) is 15.5. The summed E-state index contributed by atoms with van der Waals surface area (Å²) in [6, 6.07) is 17.5. The molecular formula is C32H51N3O8. The maximum atomic E-state index is 11.2. The highest BCUT2D eigenvalue weighted by Gasteiger charge is 2.13. The molecule has 0 heterocycles. The Morgan fingerprint density at radius 3 is 1.67 bits per heavy atom. The van der Waals surface area contributed by atoms with E-state index in [0.29, 0.717) is 12.1 Å².